The number of hydrogen-bond donors (Lipinski definition) is 0. The summed E-state index contributed by atoms with van der Waals surface area (Å²) in [6.45, 7) is 1.91. The zero-order valence-electron chi connectivity index (χ0n) is 8.73. The van der Waals surface area contributed by atoms with Gasteiger partial charge < -0.3 is 4.42 Å². The zero-order valence-corrected chi connectivity index (χ0v) is 8.73. The smallest absolute Gasteiger partial charge is 0.336 e. The first kappa shape index (κ1) is 9.09. The third-order valence-corrected chi connectivity index (χ3v) is 2.66. The molecule has 0 bridgehead atoms. The highest BCUT2D eigenvalue weighted by molar-refractivity contribution is 6.02. The first-order chi connectivity index (χ1) is 7.75. The number of benzene rings is 1. The summed E-state index contributed by atoms with van der Waals surface area (Å²) in [7, 11) is 0. The Kier molecular flexibility index (Phi) is 1.80. The van der Waals surface area contributed by atoms with Gasteiger partial charge in [-0.05, 0) is 25.1 Å². The van der Waals surface area contributed by atoms with E-state index in [0.717, 1.165) is 22.0 Å². The summed E-state index contributed by atoms with van der Waals surface area (Å²) in [5, 5.41) is 1.76. The third-order valence-electron chi connectivity index (χ3n) is 2.66. The van der Waals surface area contributed by atoms with Gasteiger partial charge in [-0.1, -0.05) is 12.1 Å². The lowest BCUT2D eigenvalue weighted by Crippen LogP contribution is -1.97. The van der Waals surface area contributed by atoms with Crippen molar-refractivity contribution in [1.82, 2.24) is 4.98 Å². The number of fused-ring (bicyclic) bond motifs is 3. The highest BCUT2D eigenvalue weighted by atomic mass is 16.4. The second-order valence-electron chi connectivity index (χ2n) is 3.71. The lowest BCUT2D eigenvalue weighted by Gasteiger charge is -2.03. The highest BCUT2D eigenvalue weighted by Gasteiger charge is 2.07. The minimum atomic E-state index is -0.330. The number of pyridine rings is 1. The first-order valence-corrected chi connectivity index (χ1v) is 5.05. The van der Waals surface area contributed by atoms with E-state index in [0.29, 0.717) is 5.58 Å². The van der Waals surface area contributed by atoms with Gasteiger partial charge in [0, 0.05) is 22.5 Å². The van der Waals surface area contributed by atoms with Gasteiger partial charge in [-0.25, -0.2) is 4.79 Å². The highest BCUT2D eigenvalue weighted by Crippen LogP contribution is 2.24. The number of rotatable bonds is 0. The van der Waals surface area contributed by atoms with Crippen LogP contribution < -0.4 is 5.63 Å². The van der Waals surface area contributed by atoms with Crippen molar-refractivity contribution >= 4 is 21.9 Å². The molecule has 3 heteroatoms. The monoisotopic (exact) mass is 211 g/mol. The minimum Gasteiger partial charge on any atom is -0.422 e. The average molecular weight is 211 g/mol. The summed E-state index contributed by atoms with van der Waals surface area (Å²) in [5.74, 6) is 0. The second-order valence-corrected chi connectivity index (χ2v) is 3.71. The van der Waals surface area contributed by atoms with Gasteiger partial charge in [-0.2, -0.15) is 0 Å². The van der Waals surface area contributed by atoms with Crippen LogP contribution in [-0.2, 0) is 0 Å². The molecule has 2 aromatic heterocycles. The van der Waals surface area contributed by atoms with Gasteiger partial charge in [0.1, 0.15) is 5.58 Å². The van der Waals surface area contributed by atoms with Crippen LogP contribution in [0.3, 0.4) is 0 Å². The van der Waals surface area contributed by atoms with Crippen LogP contribution in [0.1, 0.15) is 5.69 Å². The molecule has 0 radical (unpaired) electrons. The Morgan fingerprint density at radius 1 is 1.06 bits per heavy atom. The predicted molar refractivity (Wildman–Crippen MR) is 62.5 cm³/mol. The van der Waals surface area contributed by atoms with E-state index in [2.05, 4.69) is 4.98 Å². The fourth-order valence-electron chi connectivity index (χ4n) is 1.91. The van der Waals surface area contributed by atoms with Crippen molar-refractivity contribution in [2.24, 2.45) is 0 Å². The predicted octanol–water partition coefficient (Wildman–Crippen LogP) is 2.65. The molecule has 3 aromatic rings. The van der Waals surface area contributed by atoms with Gasteiger partial charge in [0.05, 0.1) is 5.52 Å². The van der Waals surface area contributed by atoms with Gasteiger partial charge in [-0.3, -0.25) is 4.98 Å². The Morgan fingerprint density at radius 2 is 1.88 bits per heavy atom. The number of nitrogens with zero attached hydrogens (tertiary/aromatic N) is 1. The van der Waals surface area contributed by atoms with Crippen molar-refractivity contribution in [2.45, 2.75) is 6.92 Å². The van der Waals surface area contributed by atoms with E-state index in [9.17, 15) is 4.79 Å². The lowest BCUT2D eigenvalue weighted by molar-refractivity contribution is 0.563. The van der Waals surface area contributed by atoms with E-state index in [1.165, 1.54) is 6.07 Å². The van der Waals surface area contributed by atoms with Gasteiger partial charge in [0.2, 0.25) is 0 Å². The molecule has 3 nitrogen and oxygen atoms in total. The molecule has 0 aliphatic carbocycles. The maximum Gasteiger partial charge on any atom is 0.336 e. The number of hydrogen-bond acceptors (Lipinski definition) is 3. The maximum atomic E-state index is 11.3. The van der Waals surface area contributed by atoms with E-state index in [4.69, 9.17) is 4.42 Å². The molecule has 0 saturated heterocycles. The topological polar surface area (TPSA) is 43.1 Å². The van der Waals surface area contributed by atoms with Crippen LogP contribution in [-0.4, -0.2) is 4.98 Å². The second kappa shape index (κ2) is 3.17. The first-order valence-electron chi connectivity index (χ1n) is 5.05. The van der Waals surface area contributed by atoms with Crippen LogP contribution >= 0.6 is 0 Å². The standard InChI is InChI=1S/C13H9NO2/c1-8-9-6-7-12(15)16-13(9)10-4-2-3-5-11(10)14-8/h2-7H,1H3. The fourth-order valence-corrected chi connectivity index (χ4v) is 1.91. The summed E-state index contributed by atoms with van der Waals surface area (Å²) in [6, 6.07) is 10.8. The molecule has 0 fully saturated rings. The zero-order chi connectivity index (χ0) is 11.1. The molecule has 0 saturated carbocycles. The lowest BCUT2D eigenvalue weighted by atomic mass is 10.1. The summed E-state index contributed by atoms with van der Waals surface area (Å²) >= 11 is 0. The molecular weight excluding hydrogens is 202 g/mol. The molecule has 1 aromatic carbocycles. The Balaban J connectivity index is 2.66. The molecule has 2 heterocycles. The van der Waals surface area contributed by atoms with E-state index in [1.807, 2.05) is 31.2 Å². The number of aryl methyl sites for hydroxylation is 1. The third kappa shape index (κ3) is 1.21. The minimum absolute atomic E-state index is 0.330. The molecule has 16 heavy (non-hydrogen) atoms. The average Bonchev–Trinajstić information content (AvgIpc) is 2.29. The molecule has 0 spiro atoms. The number of para-hydroxylation sites is 1. The molecule has 0 N–H and O–H groups in total. The summed E-state index contributed by atoms with van der Waals surface area (Å²) in [6.07, 6.45) is 0. The van der Waals surface area contributed by atoms with Crippen LogP contribution in [0.15, 0.2) is 45.6 Å². The van der Waals surface area contributed by atoms with Gasteiger partial charge in [0.15, 0.2) is 0 Å². The van der Waals surface area contributed by atoms with Crippen molar-refractivity contribution in [3.63, 3.8) is 0 Å². The maximum absolute atomic E-state index is 11.3. The molecule has 0 aliphatic rings. The van der Waals surface area contributed by atoms with Crippen LogP contribution in [0, 0.1) is 6.92 Å². The van der Waals surface area contributed by atoms with E-state index in [-0.39, 0.29) is 5.63 Å². The van der Waals surface area contributed by atoms with Crippen molar-refractivity contribution in [1.29, 1.82) is 0 Å². The Hall–Kier alpha value is -2.16. The summed E-state index contributed by atoms with van der Waals surface area (Å²) in [5.41, 5.74) is 2.01. The van der Waals surface area contributed by atoms with Crippen molar-refractivity contribution in [2.75, 3.05) is 0 Å². The van der Waals surface area contributed by atoms with Crippen molar-refractivity contribution < 1.29 is 4.42 Å². The largest absolute Gasteiger partial charge is 0.422 e. The number of aromatic nitrogens is 1. The molecular formula is C13H9NO2. The fraction of sp³-hybridized carbons (Fsp3) is 0.0769. The molecule has 0 aliphatic heterocycles. The quantitative estimate of drug-likeness (QED) is 0.537. The van der Waals surface area contributed by atoms with Crippen LogP contribution in [0.4, 0.5) is 0 Å². The van der Waals surface area contributed by atoms with Gasteiger partial charge in [-0.15, -0.1) is 0 Å². The SMILES string of the molecule is Cc1nc2ccccc2c2oc(=O)ccc12. The van der Waals surface area contributed by atoms with Crippen molar-refractivity contribution in [3.8, 4) is 0 Å². The summed E-state index contributed by atoms with van der Waals surface area (Å²) in [4.78, 5) is 15.7. The summed E-state index contributed by atoms with van der Waals surface area (Å²) < 4.78 is 5.26. The van der Waals surface area contributed by atoms with Gasteiger partial charge >= 0.3 is 5.63 Å². The van der Waals surface area contributed by atoms with E-state index >= 15 is 0 Å². The molecule has 3 rings (SSSR count). The van der Waals surface area contributed by atoms with Crippen LogP contribution in [0.25, 0.3) is 21.9 Å². The van der Waals surface area contributed by atoms with Crippen LogP contribution in [0.5, 0.6) is 0 Å². The molecule has 0 amide bonds. The Morgan fingerprint density at radius 3 is 2.75 bits per heavy atom. The van der Waals surface area contributed by atoms with Gasteiger partial charge in [0.25, 0.3) is 0 Å². The Bertz CT molecular complexity index is 744. The Labute approximate surface area is 91.3 Å². The normalized spacial score (nSPS) is 11.1. The molecule has 0 atom stereocenters. The van der Waals surface area contributed by atoms with E-state index in [1.54, 1.807) is 6.07 Å². The molecule has 0 unspecified atom stereocenters. The van der Waals surface area contributed by atoms with Crippen molar-refractivity contribution in [3.05, 3.63) is 52.5 Å². The van der Waals surface area contributed by atoms with Crippen LogP contribution in [0.2, 0.25) is 0 Å². The molecule has 78 valence electrons. The van der Waals surface area contributed by atoms with E-state index < -0.39 is 0 Å².